The molecule has 23 heavy (non-hydrogen) atoms. The van der Waals surface area contributed by atoms with Crippen molar-refractivity contribution in [3.8, 4) is 11.5 Å². The van der Waals surface area contributed by atoms with Crippen molar-refractivity contribution in [3.05, 3.63) is 46.4 Å². The Morgan fingerprint density at radius 3 is 2.83 bits per heavy atom. The molecule has 2 heterocycles. The summed E-state index contributed by atoms with van der Waals surface area (Å²) < 4.78 is 5.23. The van der Waals surface area contributed by atoms with E-state index in [4.69, 9.17) is 10.2 Å². The molecule has 1 fully saturated rings. The van der Waals surface area contributed by atoms with Crippen molar-refractivity contribution in [2.45, 2.75) is 25.3 Å². The molecule has 0 saturated heterocycles. The summed E-state index contributed by atoms with van der Waals surface area (Å²) >= 11 is 0. The van der Waals surface area contributed by atoms with E-state index in [1.54, 1.807) is 18.2 Å². The van der Waals surface area contributed by atoms with Crippen molar-refractivity contribution in [1.29, 1.82) is 0 Å². The van der Waals surface area contributed by atoms with Crippen LogP contribution in [-0.4, -0.2) is 23.5 Å². The number of carbonyl (C=O) groups excluding carboxylic acids is 1. The van der Waals surface area contributed by atoms with E-state index < -0.39 is 5.56 Å². The predicted molar refractivity (Wildman–Crippen MR) is 89.7 cm³/mol. The lowest BCUT2D eigenvalue weighted by molar-refractivity contribution is 0.0927. The molecule has 0 aliphatic heterocycles. The maximum atomic E-state index is 12.3. The molecular weight excluding hydrogens is 318 g/mol. The molecule has 1 aliphatic rings. The van der Waals surface area contributed by atoms with Gasteiger partial charge in [-0.2, -0.15) is 0 Å². The lowest BCUT2D eigenvalue weighted by Crippen LogP contribution is -2.41. The number of H-pyrrole nitrogens is 1. The molecule has 0 radical (unpaired) electrons. The molecule has 2 aromatic rings. The second kappa shape index (κ2) is 7.48. The van der Waals surface area contributed by atoms with Crippen LogP contribution in [0.25, 0.3) is 11.5 Å². The number of aromatic nitrogens is 1. The first-order chi connectivity index (χ1) is 10.7. The molecule has 6 nitrogen and oxygen atoms in total. The highest BCUT2D eigenvalue weighted by atomic mass is 35.5. The van der Waals surface area contributed by atoms with Crippen molar-refractivity contribution in [2.75, 3.05) is 6.54 Å². The summed E-state index contributed by atoms with van der Waals surface area (Å²) in [6.45, 7) is 0.554. The molecule has 0 aromatic carbocycles. The molecule has 4 N–H and O–H groups in total. The zero-order chi connectivity index (χ0) is 15.5. The van der Waals surface area contributed by atoms with Gasteiger partial charge in [0.05, 0.1) is 12.0 Å². The van der Waals surface area contributed by atoms with E-state index >= 15 is 0 Å². The highest BCUT2D eigenvalue weighted by Gasteiger charge is 2.28. The van der Waals surface area contributed by atoms with Gasteiger partial charge in [0.15, 0.2) is 0 Å². The van der Waals surface area contributed by atoms with Crippen LogP contribution < -0.4 is 16.6 Å². The van der Waals surface area contributed by atoms with Gasteiger partial charge in [-0.05, 0) is 49.6 Å². The summed E-state index contributed by atoms with van der Waals surface area (Å²) in [5.74, 6) is 0.506. The van der Waals surface area contributed by atoms with Gasteiger partial charge in [0.2, 0.25) is 0 Å². The number of rotatable bonds is 4. The third-order valence-electron chi connectivity index (χ3n) is 4.22. The first-order valence-corrected chi connectivity index (χ1v) is 7.47. The van der Waals surface area contributed by atoms with Crippen LogP contribution in [0.1, 0.15) is 29.6 Å². The maximum Gasteiger partial charge on any atom is 0.261 e. The van der Waals surface area contributed by atoms with Crippen LogP contribution in [0.15, 0.2) is 39.7 Å². The SMILES string of the molecule is Cl.NCC1CCCC1NC(=O)c1ccc(-c2ccco2)[nH]c1=O. The summed E-state index contributed by atoms with van der Waals surface area (Å²) in [6, 6.07) is 6.74. The maximum absolute atomic E-state index is 12.3. The number of carbonyl (C=O) groups is 1. The van der Waals surface area contributed by atoms with Gasteiger partial charge in [-0.1, -0.05) is 6.42 Å². The second-order valence-corrected chi connectivity index (χ2v) is 5.60. The van der Waals surface area contributed by atoms with E-state index in [-0.39, 0.29) is 29.9 Å². The third-order valence-corrected chi connectivity index (χ3v) is 4.22. The number of nitrogens with two attached hydrogens (primary N) is 1. The average molecular weight is 338 g/mol. The third kappa shape index (κ3) is 3.65. The number of amides is 1. The van der Waals surface area contributed by atoms with Crippen LogP contribution in [0, 0.1) is 5.92 Å². The Kier molecular flexibility index (Phi) is 5.63. The fourth-order valence-corrected chi connectivity index (χ4v) is 2.98. The summed E-state index contributed by atoms with van der Waals surface area (Å²) in [5.41, 5.74) is 5.95. The van der Waals surface area contributed by atoms with E-state index in [1.807, 2.05) is 0 Å². The minimum absolute atomic E-state index is 0. The Morgan fingerprint density at radius 2 is 2.17 bits per heavy atom. The molecule has 1 aliphatic carbocycles. The van der Waals surface area contributed by atoms with Gasteiger partial charge >= 0.3 is 0 Å². The monoisotopic (exact) mass is 337 g/mol. The molecule has 1 amide bonds. The lowest BCUT2D eigenvalue weighted by Gasteiger charge is -2.19. The molecule has 0 bridgehead atoms. The first-order valence-electron chi connectivity index (χ1n) is 7.47. The summed E-state index contributed by atoms with van der Waals surface area (Å²) in [7, 11) is 0. The van der Waals surface area contributed by atoms with Crippen LogP contribution in [0.2, 0.25) is 0 Å². The van der Waals surface area contributed by atoms with Crippen molar-refractivity contribution in [2.24, 2.45) is 11.7 Å². The van der Waals surface area contributed by atoms with Crippen LogP contribution in [-0.2, 0) is 0 Å². The molecule has 1 saturated carbocycles. The quantitative estimate of drug-likeness (QED) is 0.793. The second-order valence-electron chi connectivity index (χ2n) is 5.60. The number of furan rings is 1. The molecule has 2 unspecified atom stereocenters. The fraction of sp³-hybridized carbons (Fsp3) is 0.375. The Bertz CT molecular complexity index is 712. The topological polar surface area (TPSA) is 101 Å². The smallest absolute Gasteiger partial charge is 0.261 e. The van der Waals surface area contributed by atoms with Gasteiger partial charge in [-0.25, -0.2) is 0 Å². The Morgan fingerprint density at radius 1 is 1.35 bits per heavy atom. The number of halogens is 1. The van der Waals surface area contributed by atoms with Gasteiger partial charge < -0.3 is 20.5 Å². The average Bonchev–Trinajstić information content (AvgIpc) is 3.18. The molecule has 2 atom stereocenters. The minimum Gasteiger partial charge on any atom is -0.463 e. The van der Waals surface area contributed by atoms with Crippen molar-refractivity contribution >= 4 is 18.3 Å². The van der Waals surface area contributed by atoms with Crippen LogP contribution in [0.3, 0.4) is 0 Å². The Balaban J connectivity index is 0.00000192. The molecule has 124 valence electrons. The molecule has 7 heteroatoms. The van der Waals surface area contributed by atoms with E-state index in [0.29, 0.717) is 23.9 Å². The zero-order valence-corrected chi connectivity index (χ0v) is 13.4. The first kappa shape index (κ1) is 17.3. The Hall–Kier alpha value is -2.05. The van der Waals surface area contributed by atoms with Gasteiger partial charge in [0.1, 0.15) is 11.3 Å². The summed E-state index contributed by atoms with van der Waals surface area (Å²) in [6.07, 6.45) is 4.52. The van der Waals surface area contributed by atoms with Crippen molar-refractivity contribution < 1.29 is 9.21 Å². The van der Waals surface area contributed by atoms with Gasteiger partial charge in [-0.15, -0.1) is 12.4 Å². The van der Waals surface area contributed by atoms with Crippen molar-refractivity contribution in [3.63, 3.8) is 0 Å². The molecule has 0 spiro atoms. The zero-order valence-electron chi connectivity index (χ0n) is 12.6. The number of aromatic amines is 1. The van der Waals surface area contributed by atoms with E-state index in [2.05, 4.69) is 10.3 Å². The largest absolute Gasteiger partial charge is 0.463 e. The predicted octanol–water partition coefficient (Wildman–Crippen LogP) is 1.91. The van der Waals surface area contributed by atoms with E-state index in [1.165, 1.54) is 12.3 Å². The normalized spacial score (nSPS) is 20.0. The van der Waals surface area contributed by atoms with Gasteiger partial charge in [0.25, 0.3) is 11.5 Å². The number of hydrogen-bond acceptors (Lipinski definition) is 4. The number of nitrogens with one attached hydrogen (secondary N) is 2. The highest BCUT2D eigenvalue weighted by Crippen LogP contribution is 2.24. The number of hydrogen-bond donors (Lipinski definition) is 3. The standard InChI is InChI=1S/C16H19N3O3.ClH/c17-9-10-3-1-4-12(10)18-15(20)11-6-7-13(19-16(11)21)14-5-2-8-22-14;/h2,5-8,10,12H,1,3-4,9,17H2,(H,18,20)(H,19,21);1H. The minimum atomic E-state index is -0.423. The molecule has 3 rings (SSSR count). The van der Waals surface area contributed by atoms with Gasteiger partial charge in [-0.3, -0.25) is 9.59 Å². The Labute approximate surface area is 139 Å². The fourth-order valence-electron chi connectivity index (χ4n) is 2.98. The van der Waals surface area contributed by atoms with E-state index in [9.17, 15) is 9.59 Å². The van der Waals surface area contributed by atoms with Crippen molar-refractivity contribution in [1.82, 2.24) is 10.3 Å². The van der Waals surface area contributed by atoms with Crippen LogP contribution >= 0.6 is 12.4 Å². The highest BCUT2D eigenvalue weighted by molar-refractivity contribution is 5.94. The number of pyridine rings is 1. The lowest BCUT2D eigenvalue weighted by atomic mass is 10.0. The van der Waals surface area contributed by atoms with E-state index in [0.717, 1.165) is 19.3 Å². The van der Waals surface area contributed by atoms with Gasteiger partial charge in [0, 0.05) is 6.04 Å². The van der Waals surface area contributed by atoms with Crippen LogP contribution in [0.5, 0.6) is 0 Å². The van der Waals surface area contributed by atoms with Crippen LogP contribution in [0.4, 0.5) is 0 Å². The summed E-state index contributed by atoms with van der Waals surface area (Å²) in [5, 5.41) is 2.93. The molecular formula is C16H20ClN3O3. The summed E-state index contributed by atoms with van der Waals surface area (Å²) in [4.78, 5) is 27.1. The molecule has 2 aromatic heterocycles.